The van der Waals surface area contributed by atoms with Crippen LogP contribution in [0.4, 0.5) is 0 Å². The molecule has 0 amide bonds. The van der Waals surface area contributed by atoms with Crippen molar-refractivity contribution in [3.63, 3.8) is 0 Å². The Bertz CT molecular complexity index is 734. The number of benzene rings is 1. The van der Waals surface area contributed by atoms with Crippen molar-refractivity contribution in [3.05, 3.63) is 71.3 Å². The third-order valence-corrected chi connectivity index (χ3v) is 3.67. The van der Waals surface area contributed by atoms with Gasteiger partial charge in [-0.2, -0.15) is 0 Å². The first-order chi connectivity index (χ1) is 10.7. The molecular weight excluding hydrogens is 274 g/mol. The molecule has 0 aliphatic rings. The predicted molar refractivity (Wildman–Crippen MR) is 84.5 cm³/mol. The fraction of sp³-hybridized carbons (Fsp3) is 0.294. The molecule has 0 aliphatic carbocycles. The zero-order valence-corrected chi connectivity index (χ0v) is 12.8. The molecule has 0 radical (unpaired) electrons. The van der Waals surface area contributed by atoms with Crippen LogP contribution in [0, 0.1) is 0 Å². The van der Waals surface area contributed by atoms with E-state index in [-0.39, 0.29) is 0 Å². The van der Waals surface area contributed by atoms with Gasteiger partial charge in [-0.05, 0) is 39.6 Å². The number of aromatic nitrogens is 5. The molecule has 2 heterocycles. The quantitative estimate of drug-likeness (QED) is 0.726. The second kappa shape index (κ2) is 6.47. The van der Waals surface area contributed by atoms with Crippen LogP contribution in [0.1, 0.15) is 42.4 Å². The molecule has 0 unspecified atom stereocenters. The Kier molecular flexibility index (Phi) is 4.23. The molecule has 0 saturated carbocycles. The minimum absolute atomic E-state index is 0.479. The summed E-state index contributed by atoms with van der Waals surface area (Å²) in [7, 11) is 0. The van der Waals surface area contributed by atoms with Crippen LogP contribution in [-0.4, -0.2) is 25.2 Å². The van der Waals surface area contributed by atoms with Crippen LogP contribution in [0.2, 0.25) is 0 Å². The van der Waals surface area contributed by atoms with Crippen LogP contribution in [0.5, 0.6) is 0 Å². The van der Waals surface area contributed by atoms with Crippen molar-refractivity contribution in [2.24, 2.45) is 0 Å². The highest BCUT2D eigenvalue weighted by atomic mass is 15.5. The zero-order valence-electron chi connectivity index (χ0n) is 12.8. The van der Waals surface area contributed by atoms with Gasteiger partial charge in [-0.15, -0.1) is 5.10 Å². The largest absolute Gasteiger partial charge is 0.261 e. The molecule has 112 valence electrons. The zero-order chi connectivity index (χ0) is 15.4. The highest BCUT2D eigenvalue weighted by Gasteiger charge is 2.11. The van der Waals surface area contributed by atoms with Crippen molar-refractivity contribution in [3.8, 4) is 0 Å². The highest BCUT2D eigenvalue weighted by molar-refractivity contribution is 5.30. The minimum Gasteiger partial charge on any atom is -0.261 e. The summed E-state index contributed by atoms with van der Waals surface area (Å²) in [6, 6.07) is 14.3. The highest BCUT2D eigenvalue weighted by Crippen LogP contribution is 2.20. The monoisotopic (exact) mass is 293 g/mol. The first kappa shape index (κ1) is 14.4. The molecule has 0 bridgehead atoms. The summed E-state index contributed by atoms with van der Waals surface area (Å²) < 4.78 is 1.86. The molecule has 0 N–H and O–H groups in total. The lowest BCUT2D eigenvalue weighted by atomic mass is 9.97. The summed E-state index contributed by atoms with van der Waals surface area (Å²) >= 11 is 0. The molecule has 22 heavy (non-hydrogen) atoms. The maximum Gasteiger partial charge on any atom is 0.157 e. The molecule has 3 aromatic rings. The molecule has 1 aromatic carbocycles. The van der Waals surface area contributed by atoms with Crippen LogP contribution in [-0.2, 0) is 13.0 Å². The van der Waals surface area contributed by atoms with Crippen molar-refractivity contribution in [2.75, 3.05) is 0 Å². The van der Waals surface area contributed by atoms with E-state index in [9.17, 15) is 0 Å². The number of tetrazole rings is 1. The van der Waals surface area contributed by atoms with Gasteiger partial charge in [-0.25, -0.2) is 4.68 Å². The number of hydrogen-bond donors (Lipinski definition) is 0. The Morgan fingerprint density at radius 1 is 1.05 bits per heavy atom. The standard InChI is InChI=1S/C17H19N5/c1-13(2)16-9-4-3-7-14(16)12-22-17(19-20-21-22)11-15-8-5-6-10-18-15/h3-10,13H,11-12H2,1-2H3. The number of pyridine rings is 1. The van der Waals surface area contributed by atoms with Crippen LogP contribution in [0.3, 0.4) is 0 Å². The lowest BCUT2D eigenvalue weighted by molar-refractivity contribution is 0.617. The van der Waals surface area contributed by atoms with Gasteiger partial charge in [0.05, 0.1) is 13.0 Å². The van der Waals surface area contributed by atoms with Crippen molar-refractivity contribution < 1.29 is 0 Å². The summed E-state index contributed by atoms with van der Waals surface area (Å²) in [4.78, 5) is 4.34. The minimum atomic E-state index is 0.479. The van der Waals surface area contributed by atoms with Crippen molar-refractivity contribution >= 4 is 0 Å². The Morgan fingerprint density at radius 2 is 1.86 bits per heavy atom. The Hall–Kier alpha value is -2.56. The van der Waals surface area contributed by atoms with Crippen LogP contribution < -0.4 is 0 Å². The molecule has 0 saturated heterocycles. The summed E-state index contributed by atoms with van der Waals surface area (Å²) in [6.45, 7) is 5.09. The summed E-state index contributed by atoms with van der Waals surface area (Å²) in [5, 5.41) is 12.1. The van der Waals surface area contributed by atoms with E-state index in [4.69, 9.17) is 0 Å². The summed E-state index contributed by atoms with van der Waals surface area (Å²) in [5.41, 5.74) is 3.56. The smallest absolute Gasteiger partial charge is 0.157 e. The van der Waals surface area contributed by atoms with Gasteiger partial charge in [-0.3, -0.25) is 4.98 Å². The van der Waals surface area contributed by atoms with E-state index in [1.807, 2.05) is 22.9 Å². The molecule has 5 heteroatoms. The van der Waals surface area contributed by atoms with Gasteiger partial charge in [0.1, 0.15) is 0 Å². The third kappa shape index (κ3) is 3.19. The van der Waals surface area contributed by atoms with E-state index < -0.39 is 0 Å². The molecular formula is C17H19N5. The van der Waals surface area contributed by atoms with E-state index >= 15 is 0 Å². The van der Waals surface area contributed by atoms with Gasteiger partial charge < -0.3 is 0 Å². The molecule has 0 spiro atoms. The predicted octanol–water partition coefficient (Wildman–Crippen LogP) is 2.83. The number of hydrogen-bond acceptors (Lipinski definition) is 4. The maximum atomic E-state index is 4.34. The molecule has 5 nitrogen and oxygen atoms in total. The molecule has 0 fully saturated rings. The average Bonchev–Trinajstić information content (AvgIpc) is 2.96. The molecule has 0 aliphatic heterocycles. The van der Waals surface area contributed by atoms with Gasteiger partial charge in [0, 0.05) is 11.9 Å². The first-order valence-electron chi connectivity index (χ1n) is 7.47. The van der Waals surface area contributed by atoms with Crippen molar-refractivity contribution in [1.82, 2.24) is 25.2 Å². The number of nitrogens with zero attached hydrogens (tertiary/aromatic N) is 5. The fourth-order valence-corrected chi connectivity index (χ4v) is 2.54. The number of rotatable bonds is 5. The van der Waals surface area contributed by atoms with E-state index in [1.54, 1.807) is 6.20 Å². The normalized spacial score (nSPS) is 11.0. The van der Waals surface area contributed by atoms with E-state index in [0.29, 0.717) is 18.9 Å². The first-order valence-corrected chi connectivity index (χ1v) is 7.47. The third-order valence-electron chi connectivity index (χ3n) is 3.67. The fourth-order valence-electron chi connectivity index (χ4n) is 2.54. The van der Waals surface area contributed by atoms with E-state index in [1.165, 1.54) is 11.1 Å². The second-order valence-corrected chi connectivity index (χ2v) is 5.60. The van der Waals surface area contributed by atoms with Crippen LogP contribution in [0.15, 0.2) is 48.7 Å². The van der Waals surface area contributed by atoms with Gasteiger partial charge in [0.15, 0.2) is 5.82 Å². The Morgan fingerprint density at radius 3 is 2.64 bits per heavy atom. The van der Waals surface area contributed by atoms with E-state index in [0.717, 1.165) is 11.5 Å². The van der Waals surface area contributed by atoms with Crippen molar-refractivity contribution in [1.29, 1.82) is 0 Å². The van der Waals surface area contributed by atoms with Gasteiger partial charge in [-0.1, -0.05) is 44.2 Å². The topological polar surface area (TPSA) is 56.5 Å². The molecule has 0 atom stereocenters. The Balaban J connectivity index is 1.84. The second-order valence-electron chi connectivity index (χ2n) is 5.60. The summed E-state index contributed by atoms with van der Waals surface area (Å²) in [5.74, 6) is 1.31. The molecule has 2 aromatic heterocycles. The van der Waals surface area contributed by atoms with Crippen LogP contribution >= 0.6 is 0 Å². The van der Waals surface area contributed by atoms with Gasteiger partial charge in [0.2, 0.25) is 0 Å². The maximum absolute atomic E-state index is 4.34. The SMILES string of the molecule is CC(C)c1ccccc1Cn1nnnc1Cc1ccccn1. The van der Waals surface area contributed by atoms with E-state index in [2.05, 4.69) is 58.6 Å². The van der Waals surface area contributed by atoms with Gasteiger partial charge in [0.25, 0.3) is 0 Å². The molecule has 3 rings (SSSR count). The van der Waals surface area contributed by atoms with Crippen LogP contribution in [0.25, 0.3) is 0 Å². The lowest BCUT2D eigenvalue weighted by Gasteiger charge is -2.13. The average molecular weight is 293 g/mol. The van der Waals surface area contributed by atoms with Crippen molar-refractivity contribution in [2.45, 2.75) is 32.7 Å². The Labute approximate surface area is 130 Å². The van der Waals surface area contributed by atoms with Gasteiger partial charge >= 0.3 is 0 Å². The lowest BCUT2D eigenvalue weighted by Crippen LogP contribution is -2.10. The summed E-state index contributed by atoms with van der Waals surface area (Å²) in [6.07, 6.45) is 2.43.